The molecule has 20 heavy (non-hydrogen) atoms. The number of amides is 1. The molecule has 0 aliphatic carbocycles. The molecule has 0 atom stereocenters. The van der Waals surface area contributed by atoms with Gasteiger partial charge in [-0.15, -0.1) is 0 Å². The Hall–Kier alpha value is -1.36. The van der Waals surface area contributed by atoms with Gasteiger partial charge in [0.2, 0.25) is 0 Å². The van der Waals surface area contributed by atoms with E-state index in [1.54, 1.807) is 13.0 Å². The molecule has 2 rings (SSSR count). The van der Waals surface area contributed by atoms with E-state index in [1.807, 2.05) is 18.7 Å². The van der Waals surface area contributed by atoms with E-state index in [2.05, 4.69) is 17.0 Å². The van der Waals surface area contributed by atoms with Crippen LogP contribution in [0.4, 0.5) is 0 Å². The van der Waals surface area contributed by atoms with Crippen molar-refractivity contribution in [1.82, 2.24) is 15.0 Å². The first-order valence-electron chi connectivity index (χ1n) is 7.65. The average molecular weight is 281 g/mol. The van der Waals surface area contributed by atoms with E-state index in [0.717, 1.165) is 32.7 Å². The lowest BCUT2D eigenvalue weighted by Crippen LogP contribution is -2.48. The molecule has 1 fully saturated rings. The van der Waals surface area contributed by atoms with E-state index >= 15 is 0 Å². The summed E-state index contributed by atoms with van der Waals surface area (Å²) < 4.78 is 4.94. The van der Waals surface area contributed by atoms with E-state index < -0.39 is 0 Å². The van der Waals surface area contributed by atoms with Gasteiger partial charge in [0, 0.05) is 32.2 Å². The standard InChI is InChI=1S/C13H21N3O2.C2H6/c1-3-4-5-15-6-8-16(9-7-15)13(17)12-10-11(2)18-14-12;1-2/h10H,3-9H2,1-2H3;1-2H3. The first-order chi connectivity index (χ1) is 9.70. The molecule has 0 radical (unpaired) electrons. The van der Waals surface area contributed by atoms with Crippen molar-refractivity contribution in [3.8, 4) is 0 Å². The molecular formula is C15H27N3O2. The van der Waals surface area contributed by atoms with Crippen molar-refractivity contribution in [1.29, 1.82) is 0 Å². The minimum Gasteiger partial charge on any atom is -0.361 e. The van der Waals surface area contributed by atoms with Gasteiger partial charge in [0.15, 0.2) is 5.69 Å². The molecule has 1 aliphatic rings. The third kappa shape index (κ3) is 4.63. The maximum Gasteiger partial charge on any atom is 0.276 e. The van der Waals surface area contributed by atoms with Crippen LogP contribution >= 0.6 is 0 Å². The van der Waals surface area contributed by atoms with Gasteiger partial charge in [0.25, 0.3) is 5.91 Å². The number of nitrogens with zero attached hydrogens (tertiary/aromatic N) is 3. The molecule has 5 nitrogen and oxygen atoms in total. The highest BCUT2D eigenvalue weighted by atomic mass is 16.5. The van der Waals surface area contributed by atoms with Gasteiger partial charge >= 0.3 is 0 Å². The molecule has 0 N–H and O–H groups in total. The van der Waals surface area contributed by atoms with Crippen molar-refractivity contribution in [2.45, 2.75) is 40.5 Å². The molecule has 1 aromatic heterocycles. The Bertz CT molecular complexity index is 396. The second-order valence-electron chi connectivity index (χ2n) is 4.81. The van der Waals surface area contributed by atoms with Gasteiger partial charge in [0.1, 0.15) is 5.76 Å². The Labute approximate surface area is 121 Å². The number of hydrogen-bond acceptors (Lipinski definition) is 4. The Kier molecular flexibility index (Phi) is 7.30. The number of aryl methyl sites for hydroxylation is 1. The number of unbranched alkanes of at least 4 members (excludes halogenated alkanes) is 1. The van der Waals surface area contributed by atoms with E-state index in [1.165, 1.54) is 12.8 Å². The van der Waals surface area contributed by atoms with Crippen molar-refractivity contribution < 1.29 is 9.32 Å². The van der Waals surface area contributed by atoms with Gasteiger partial charge in [-0.3, -0.25) is 9.69 Å². The van der Waals surface area contributed by atoms with Crippen LogP contribution in [0.5, 0.6) is 0 Å². The number of aromatic nitrogens is 1. The highest BCUT2D eigenvalue weighted by Crippen LogP contribution is 2.09. The predicted molar refractivity (Wildman–Crippen MR) is 79.8 cm³/mol. The molecule has 2 heterocycles. The summed E-state index contributed by atoms with van der Waals surface area (Å²) in [6.45, 7) is 12.6. The molecule has 0 unspecified atom stereocenters. The van der Waals surface area contributed by atoms with E-state index in [-0.39, 0.29) is 5.91 Å². The topological polar surface area (TPSA) is 49.6 Å². The fraction of sp³-hybridized carbons (Fsp3) is 0.733. The number of hydrogen-bond donors (Lipinski definition) is 0. The summed E-state index contributed by atoms with van der Waals surface area (Å²) in [5, 5.41) is 3.78. The predicted octanol–water partition coefficient (Wildman–Crippen LogP) is 2.57. The molecule has 0 aromatic carbocycles. The average Bonchev–Trinajstić information content (AvgIpc) is 2.93. The second kappa shape index (κ2) is 8.74. The zero-order chi connectivity index (χ0) is 15.0. The zero-order valence-electron chi connectivity index (χ0n) is 13.2. The van der Waals surface area contributed by atoms with Gasteiger partial charge < -0.3 is 9.42 Å². The summed E-state index contributed by atoms with van der Waals surface area (Å²) >= 11 is 0. The molecular weight excluding hydrogens is 254 g/mol. The molecule has 1 aliphatic heterocycles. The van der Waals surface area contributed by atoms with Crippen molar-refractivity contribution in [2.24, 2.45) is 0 Å². The third-order valence-corrected chi connectivity index (χ3v) is 3.33. The first-order valence-corrected chi connectivity index (χ1v) is 7.65. The van der Waals surface area contributed by atoms with Gasteiger partial charge in [0.05, 0.1) is 0 Å². The number of carbonyl (C=O) groups excluding carboxylic acids is 1. The minimum atomic E-state index is -0.0120. The maximum atomic E-state index is 12.1. The lowest BCUT2D eigenvalue weighted by Gasteiger charge is -2.34. The normalized spacial score (nSPS) is 15.7. The van der Waals surface area contributed by atoms with Crippen LogP contribution in [0.2, 0.25) is 0 Å². The summed E-state index contributed by atoms with van der Waals surface area (Å²) in [4.78, 5) is 16.4. The fourth-order valence-corrected chi connectivity index (χ4v) is 2.19. The SMILES string of the molecule is CC.CCCCN1CCN(C(=O)c2cc(C)on2)CC1. The smallest absolute Gasteiger partial charge is 0.276 e. The summed E-state index contributed by atoms with van der Waals surface area (Å²) in [5.74, 6) is 0.668. The van der Waals surface area contributed by atoms with Crippen molar-refractivity contribution in [2.75, 3.05) is 32.7 Å². The molecule has 0 saturated carbocycles. The van der Waals surface area contributed by atoms with Gasteiger partial charge in [-0.1, -0.05) is 32.3 Å². The largest absolute Gasteiger partial charge is 0.361 e. The zero-order valence-corrected chi connectivity index (χ0v) is 13.2. The van der Waals surface area contributed by atoms with E-state index in [9.17, 15) is 4.79 Å². The summed E-state index contributed by atoms with van der Waals surface area (Å²) in [6.07, 6.45) is 2.45. The van der Waals surface area contributed by atoms with Crippen LogP contribution < -0.4 is 0 Å². The molecule has 1 aromatic rings. The van der Waals surface area contributed by atoms with Crippen LogP contribution in [0, 0.1) is 6.92 Å². The van der Waals surface area contributed by atoms with Crippen LogP contribution in [0.3, 0.4) is 0 Å². The van der Waals surface area contributed by atoms with Crippen molar-refractivity contribution in [3.63, 3.8) is 0 Å². The maximum absolute atomic E-state index is 12.1. The highest BCUT2D eigenvalue weighted by molar-refractivity contribution is 5.92. The molecule has 5 heteroatoms. The molecule has 0 bridgehead atoms. The first kappa shape index (κ1) is 16.7. The highest BCUT2D eigenvalue weighted by Gasteiger charge is 2.23. The second-order valence-corrected chi connectivity index (χ2v) is 4.81. The Morgan fingerprint density at radius 1 is 1.30 bits per heavy atom. The lowest BCUT2D eigenvalue weighted by molar-refractivity contribution is 0.0625. The third-order valence-electron chi connectivity index (χ3n) is 3.33. The monoisotopic (exact) mass is 281 g/mol. The quantitative estimate of drug-likeness (QED) is 0.851. The van der Waals surface area contributed by atoms with Gasteiger partial charge in [-0.05, 0) is 19.9 Å². The minimum absolute atomic E-state index is 0.0120. The number of piperazine rings is 1. The Morgan fingerprint density at radius 2 is 1.95 bits per heavy atom. The number of rotatable bonds is 4. The molecule has 114 valence electrons. The number of carbonyl (C=O) groups is 1. The van der Waals surface area contributed by atoms with E-state index in [0.29, 0.717) is 11.5 Å². The summed E-state index contributed by atoms with van der Waals surface area (Å²) in [5.41, 5.74) is 0.425. The van der Waals surface area contributed by atoms with Gasteiger partial charge in [-0.25, -0.2) is 0 Å². The molecule has 0 spiro atoms. The van der Waals surface area contributed by atoms with Crippen LogP contribution in [0.25, 0.3) is 0 Å². The van der Waals surface area contributed by atoms with Gasteiger partial charge in [-0.2, -0.15) is 0 Å². The Balaban J connectivity index is 0.000000956. The lowest BCUT2D eigenvalue weighted by atomic mass is 10.2. The summed E-state index contributed by atoms with van der Waals surface area (Å²) in [6, 6.07) is 1.70. The summed E-state index contributed by atoms with van der Waals surface area (Å²) in [7, 11) is 0. The van der Waals surface area contributed by atoms with E-state index in [4.69, 9.17) is 4.52 Å². The van der Waals surface area contributed by atoms with Crippen LogP contribution in [-0.4, -0.2) is 53.6 Å². The fourth-order valence-electron chi connectivity index (χ4n) is 2.19. The van der Waals surface area contributed by atoms with Crippen LogP contribution in [0.1, 0.15) is 49.9 Å². The van der Waals surface area contributed by atoms with Crippen LogP contribution in [0.15, 0.2) is 10.6 Å². The van der Waals surface area contributed by atoms with Crippen molar-refractivity contribution in [3.05, 3.63) is 17.5 Å². The molecule has 1 amide bonds. The Morgan fingerprint density at radius 3 is 2.45 bits per heavy atom. The molecule has 1 saturated heterocycles. The van der Waals surface area contributed by atoms with Crippen molar-refractivity contribution >= 4 is 5.91 Å². The van der Waals surface area contributed by atoms with Crippen LogP contribution in [-0.2, 0) is 0 Å².